The van der Waals surface area contributed by atoms with Crippen LogP contribution in [0.2, 0.25) is 0 Å². The molecule has 7 heteroatoms. The van der Waals surface area contributed by atoms with Crippen LogP contribution in [0.1, 0.15) is 16.7 Å². The maximum atomic E-state index is 14.0. The number of phenols is 3. The van der Waals surface area contributed by atoms with Gasteiger partial charge in [0.2, 0.25) is 0 Å². The van der Waals surface area contributed by atoms with Crippen LogP contribution in [-0.4, -0.2) is 29.5 Å². The highest BCUT2D eigenvalue weighted by molar-refractivity contribution is 7.55. The maximum Gasteiger partial charge on any atom is 0.349 e. The summed E-state index contributed by atoms with van der Waals surface area (Å²) in [6.45, 7) is 0. The van der Waals surface area contributed by atoms with Gasteiger partial charge in [-0.25, -0.2) is 0 Å². The molecular formula is C21H21O6P. The first kappa shape index (κ1) is 20.0. The van der Waals surface area contributed by atoms with Crippen molar-refractivity contribution in [1.29, 1.82) is 0 Å². The van der Waals surface area contributed by atoms with Crippen molar-refractivity contribution in [1.82, 2.24) is 0 Å². The first-order valence-corrected chi connectivity index (χ1v) is 10.0. The van der Waals surface area contributed by atoms with Gasteiger partial charge in [-0.1, -0.05) is 36.4 Å². The monoisotopic (exact) mass is 400 g/mol. The van der Waals surface area contributed by atoms with Crippen LogP contribution < -0.4 is 0 Å². The minimum atomic E-state index is -3.88. The third-order valence-corrected chi connectivity index (χ3v) is 7.30. The zero-order valence-electron chi connectivity index (χ0n) is 15.4. The van der Waals surface area contributed by atoms with Crippen molar-refractivity contribution in [2.75, 3.05) is 14.2 Å². The molecule has 0 aliphatic heterocycles. The molecule has 0 saturated carbocycles. The molecule has 0 saturated heterocycles. The van der Waals surface area contributed by atoms with Crippen LogP contribution in [0, 0.1) is 0 Å². The molecule has 0 aliphatic rings. The largest absolute Gasteiger partial charge is 0.508 e. The summed E-state index contributed by atoms with van der Waals surface area (Å²) >= 11 is 0. The summed E-state index contributed by atoms with van der Waals surface area (Å²) in [5.41, 5.74) is 1.65. The first-order chi connectivity index (χ1) is 13.4. The van der Waals surface area contributed by atoms with E-state index in [4.69, 9.17) is 9.05 Å². The number of hydrogen-bond donors (Lipinski definition) is 3. The lowest BCUT2D eigenvalue weighted by atomic mass is 9.84. The molecule has 0 fully saturated rings. The van der Waals surface area contributed by atoms with Crippen LogP contribution in [0.15, 0.2) is 72.8 Å². The average molecular weight is 400 g/mol. The van der Waals surface area contributed by atoms with E-state index in [1.807, 2.05) is 0 Å². The van der Waals surface area contributed by atoms with E-state index in [1.165, 1.54) is 50.6 Å². The topological polar surface area (TPSA) is 96.2 Å². The van der Waals surface area contributed by atoms with Crippen molar-refractivity contribution >= 4 is 7.60 Å². The molecule has 3 N–H and O–H groups in total. The molecule has 0 bridgehead atoms. The Morgan fingerprint density at radius 2 is 0.857 bits per heavy atom. The molecule has 0 spiro atoms. The Hall–Kier alpha value is -2.79. The molecule has 0 amide bonds. The molecular weight excluding hydrogens is 379 g/mol. The van der Waals surface area contributed by atoms with Crippen LogP contribution >= 0.6 is 7.60 Å². The number of rotatable bonds is 6. The molecule has 0 unspecified atom stereocenters. The van der Waals surface area contributed by atoms with Gasteiger partial charge in [-0.3, -0.25) is 4.57 Å². The normalized spacial score (nSPS) is 12.1. The van der Waals surface area contributed by atoms with E-state index in [0.717, 1.165) is 0 Å². The molecule has 3 aromatic rings. The second kappa shape index (κ2) is 7.68. The van der Waals surface area contributed by atoms with Gasteiger partial charge in [0.15, 0.2) is 0 Å². The summed E-state index contributed by atoms with van der Waals surface area (Å²) in [5, 5.41) is 27.9. The van der Waals surface area contributed by atoms with Crippen molar-refractivity contribution in [3.63, 3.8) is 0 Å². The van der Waals surface area contributed by atoms with E-state index in [1.54, 1.807) is 36.4 Å². The lowest BCUT2D eigenvalue weighted by molar-refractivity contribution is 0.259. The van der Waals surface area contributed by atoms with Crippen LogP contribution in [0.4, 0.5) is 0 Å². The van der Waals surface area contributed by atoms with Gasteiger partial charge in [0, 0.05) is 14.2 Å². The molecule has 3 aromatic carbocycles. The van der Waals surface area contributed by atoms with Gasteiger partial charge in [-0.2, -0.15) is 0 Å². The highest BCUT2D eigenvalue weighted by atomic mass is 31.2. The smallest absolute Gasteiger partial charge is 0.349 e. The van der Waals surface area contributed by atoms with E-state index in [0.29, 0.717) is 16.7 Å². The Morgan fingerprint density at radius 1 is 0.607 bits per heavy atom. The van der Waals surface area contributed by atoms with Crippen LogP contribution in [0.3, 0.4) is 0 Å². The van der Waals surface area contributed by atoms with Crippen LogP contribution in [0.5, 0.6) is 17.2 Å². The van der Waals surface area contributed by atoms with Gasteiger partial charge in [-0.15, -0.1) is 0 Å². The molecule has 146 valence electrons. The lowest BCUT2D eigenvalue weighted by Crippen LogP contribution is -2.31. The predicted octanol–water partition coefficient (Wildman–Crippen LogP) is 4.58. The SMILES string of the molecule is COP(=O)(OC)C(c1ccc(O)cc1)(c1ccc(O)cc1)c1ccc(O)cc1. The standard InChI is InChI=1S/C21H21O6P/c1-26-28(25,27-2)21(15-3-9-18(22)10-4-15,16-5-11-19(23)12-6-16)17-7-13-20(24)14-8-17/h3-14,22-24H,1-2H3. The molecule has 0 aromatic heterocycles. The zero-order chi connectivity index (χ0) is 20.4. The first-order valence-electron chi connectivity index (χ1n) is 8.47. The number of phenolic OH excluding ortho intramolecular Hbond substituents is 3. The van der Waals surface area contributed by atoms with Crippen molar-refractivity contribution < 1.29 is 28.9 Å². The molecule has 0 radical (unpaired) electrons. The molecule has 6 nitrogen and oxygen atoms in total. The number of benzene rings is 3. The third-order valence-electron chi connectivity index (χ3n) is 4.75. The van der Waals surface area contributed by atoms with E-state index in [9.17, 15) is 19.9 Å². The molecule has 0 aliphatic carbocycles. The Labute approximate surface area is 163 Å². The van der Waals surface area contributed by atoms with Gasteiger partial charge in [0.25, 0.3) is 0 Å². The van der Waals surface area contributed by atoms with Gasteiger partial charge < -0.3 is 24.4 Å². The summed E-state index contributed by atoms with van der Waals surface area (Å²) in [6, 6.07) is 18.8. The van der Waals surface area contributed by atoms with Gasteiger partial charge in [0.1, 0.15) is 22.4 Å². The maximum absolute atomic E-state index is 14.0. The molecule has 28 heavy (non-hydrogen) atoms. The summed E-state index contributed by atoms with van der Waals surface area (Å²) in [7, 11) is -1.27. The Kier molecular flexibility index (Phi) is 5.47. The second-order valence-corrected chi connectivity index (χ2v) is 8.61. The van der Waals surface area contributed by atoms with Crippen LogP contribution in [-0.2, 0) is 18.8 Å². The van der Waals surface area contributed by atoms with E-state index in [2.05, 4.69) is 0 Å². The van der Waals surface area contributed by atoms with Crippen molar-refractivity contribution in [2.45, 2.75) is 5.16 Å². The van der Waals surface area contributed by atoms with Gasteiger partial charge in [0.05, 0.1) is 0 Å². The Bertz CT molecular complexity index is 862. The second-order valence-electron chi connectivity index (χ2n) is 6.21. The van der Waals surface area contributed by atoms with Crippen molar-refractivity contribution in [2.24, 2.45) is 0 Å². The minimum absolute atomic E-state index is 0.0544. The quantitative estimate of drug-likeness (QED) is 0.414. The lowest BCUT2D eigenvalue weighted by Gasteiger charge is -2.39. The third kappa shape index (κ3) is 3.16. The summed E-state index contributed by atoms with van der Waals surface area (Å²) in [6.07, 6.45) is 0. The molecule has 3 rings (SSSR count). The Morgan fingerprint density at radius 3 is 1.07 bits per heavy atom. The van der Waals surface area contributed by atoms with Gasteiger partial charge >= 0.3 is 7.60 Å². The highest BCUT2D eigenvalue weighted by Gasteiger charge is 2.54. The van der Waals surface area contributed by atoms with Crippen LogP contribution in [0.25, 0.3) is 0 Å². The van der Waals surface area contributed by atoms with Crippen molar-refractivity contribution in [3.8, 4) is 17.2 Å². The fraction of sp³-hybridized carbons (Fsp3) is 0.143. The fourth-order valence-corrected chi connectivity index (χ4v) is 5.52. The van der Waals surface area contributed by atoms with E-state index >= 15 is 0 Å². The highest BCUT2D eigenvalue weighted by Crippen LogP contribution is 2.69. The Balaban J connectivity index is 2.47. The number of hydrogen-bond acceptors (Lipinski definition) is 6. The summed E-state index contributed by atoms with van der Waals surface area (Å²) in [4.78, 5) is 0. The number of aromatic hydroxyl groups is 3. The summed E-state index contributed by atoms with van der Waals surface area (Å²) < 4.78 is 24.9. The van der Waals surface area contributed by atoms with Gasteiger partial charge in [-0.05, 0) is 53.1 Å². The molecule has 0 atom stereocenters. The van der Waals surface area contributed by atoms with Crippen molar-refractivity contribution in [3.05, 3.63) is 89.5 Å². The average Bonchev–Trinajstić information content (AvgIpc) is 2.72. The predicted molar refractivity (Wildman–Crippen MR) is 106 cm³/mol. The van der Waals surface area contributed by atoms with E-state index < -0.39 is 12.8 Å². The van der Waals surface area contributed by atoms with E-state index in [-0.39, 0.29) is 17.2 Å². The summed E-state index contributed by atoms with van der Waals surface area (Å²) in [5.74, 6) is 0.163. The fourth-order valence-electron chi connectivity index (χ4n) is 3.43. The zero-order valence-corrected chi connectivity index (χ0v) is 16.3. The molecule has 0 heterocycles. The minimum Gasteiger partial charge on any atom is -0.508 e.